The second-order valence-corrected chi connectivity index (χ2v) is 8.71. The van der Waals surface area contributed by atoms with Crippen molar-refractivity contribution < 1.29 is 24.1 Å². The fourth-order valence-electron chi connectivity index (χ4n) is 3.99. The molecule has 0 amide bonds. The summed E-state index contributed by atoms with van der Waals surface area (Å²) in [5.74, 6) is 0. The number of hydrogen-bond donors (Lipinski definition) is 0. The third kappa shape index (κ3) is 4.65. The van der Waals surface area contributed by atoms with Gasteiger partial charge in [-0.25, -0.2) is 0 Å². The fourth-order valence-corrected chi connectivity index (χ4v) is 3.99. The molecule has 2 fully saturated rings. The summed E-state index contributed by atoms with van der Waals surface area (Å²) in [6.07, 6.45) is -0.698. The lowest BCUT2D eigenvalue weighted by atomic mass is 9.75. The first-order valence-corrected chi connectivity index (χ1v) is 8.47. The second-order valence-electron chi connectivity index (χ2n) is 8.71. The lowest BCUT2D eigenvalue weighted by Gasteiger charge is -2.34. The van der Waals surface area contributed by atoms with Crippen LogP contribution in [0.15, 0.2) is 5.18 Å². The summed E-state index contributed by atoms with van der Waals surface area (Å²) < 4.78 is 17.5. The standard InChI is InChI=1S/C16H28N2O7/c1-14(2,9-17-19)8-15(3,4)10-23-11-6-24-16(5)12(25-18(20)21)7-22-13(11)16/h11-13H,6-10H2,1-5H3/t11-,12+,13+,16+/m0/s1. The van der Waals surface area contributed by atoms with Gasteiger partial charge in [0.05, 0.1) is 26.4 Å². The maximum Gasteiger partial charge on any atom is 0.294 e. The summed E-state index contributed by atoms with van der Waals surface area (Å²) in [5, 5.41) is 12.8. The number of ether oxygens (including phenoxy) is 3. The van der Waals surface area contributed by atoms with Gasteiger partial charge in [0.2, 0.25) is 0 Å². The van der Waals surface area contributed by atoms with Crippen LogP contribution in [0, 0.1) is 25.9 Å². The van der Waals surface area contributed by atoms with Gasteiger partial charge < -0.3 is 19.0 Å². The zero-order chi connectivity index (χ0) is 18.9. The van der Waals surface area contributed by atoms with Gasteiger partial charge in [-0.05, 0) is 24.2 Å². The molecule has 0 aliphatic carbocycles. The molecule has 2 aliphatic heterocycles. The van der Waals surface area contributed by atoms with Crippen LogP contribution in [-0.4, -0.2) is 55.4 Å². The van der Waals surface area contributed by atoms with E-state index >= 15 is 0 Å². The van der Waals surface area contributed by atoms with E-state index in [2.05, 4.69) is 19.0 Å². The first-order valence-electron chi connectivity index (χ1n) is 8.47. The van der Waals surface area contributed by atoms with Crippen molar-refractivity contribution in [2.75, 3.05) is 26.4 Å². The Morgan fingerprint density at radius 1 is 1.28 bits per heavy atom. The minimum Gasteiger partial charge on any atom is -0.372 e. The summed E-state index contributed by atoms with van der Waals surface area (Å²) in [5.41, 5.74) is -1.26. The zero-order valence-corrected chi connectivity index (χ0v) is 15.5. The third-order valence-corrected chi connectivity index (χ3v) is 4.88. The van der Waals surface area contributed by atoms with E-state index in [1.807, 2.05) is 13.8 Å². The highest BCUT2D eigenvalue weighted by atomic mass is 17.0. The van der Waals surface area contributed by atoms with Crippen molar-refractivity contribution in [1.82, 2.24) is 0 Å². The predicted molar refractivity (Wildman–Crippen MR) is 88.5 cm³/mol. The zero-order valence-electron chi connectivity index (χ0n) is 15.5. The van der Waals surface area contributed by atoms with E-state index in [4.69, 9.17) is 19.0 Å². The van der Waals surface area contributed by atoms with Crippen LogP contribution in [0.5, 0.6) is 0 Å². The van der Waals surface area contributed by atoms with E-state index in [0.717, 1.165) is 6.42 Å². The molecule has 2 rings (SSSR count). The Morgan fingerprint density at radius 2 is 1.96 bits per heavy atom. The summed E-state index contributed by atoms with van der Waals surface area (Å²) in [7, 11) is 0. The average Bonchev–Trinajstić information content (AvgIpc) is 2.92. The monoisotopic (exact) mass is 360 g/mol. The Morgan fingerprint density at radius 3 is 2.56 bits per heavy atom. The largest absolute Gasteiger partial charge is 0.372 e. The van der Waals surface area contributed by atoms with E-state index in [1.165, 1.54) is 0 Å². The molecule has 0 unspecified atom stereocenters. The molecule has 25 heavy (non-hydrogen) atoms. The highest BCUT2D eigenvalue weighted by Crippen LogP contribution is 2.41. The van der Waals surface area contributed by atoms with Gasteiger partial charge in [-0.3, -0.25) is 0 Å². The highest BCUT2D eigenvalue weighted by Gasteiger charge is 2.59. The maximum absolute atomic E-state index is 10.6. The molecule has 2 aliphatic rings. The normalized spacial score (nSPS) is 32.4. The van der Waals surface area contributed by atoms with Gasteiger partial charge >= 0.3 is 0 Å². The second kappa shape index (κ2) is 7.13. The Labute approximate surface area is 147 Å². The average molecular weight is 360 g/mol. The van der Waals surface area contributed by atoms with Crippen molar-refractivity contribution in [2.24, 2.45) is 16.0 Å². The van der Waals surface area contributed by atoms with E-state index in [0.29, 0.717) is 13.2 Å². The quantitative estimate of drug-likeness (QED) is 0.352. The lowest BCUT2D eigenvalue weighted by molar-refractivity contribution is -0.771. The first kappa shape index (κ1) is 20.0. The van der Waals surface area contributed by atoms with Crippen LogP contribution in [0.1, 0.15) is 41.0 Å². The van der Waals surface area contributed by atoms with Gasteiger partial charge in [-0.1, -0.05) is 32.9 Å². The van der Waals surface area contributed by atoms with Crippen molar-refractivity contribution in [3.8, 4) is 0 Å². The van der Waals surface area contributed by atoms with Crippen LogP contribution < -0.4 is 0 Å². The number of hydrogen-bond acceptors (Lipinski definition) is 8. The van der Waals surface area contributed by atoms with Crippen molar-refractivity contribution in [3.05, 3.63) is 15.0 Å². The smallest absolute Gasteiger partial charge is 0.294 e. The van der Waals surface area contributed by atoms with Gasteiger partial charge in [0.25, 0.3) is 5.09 Å². The predicted octanol–water partition coefficient (Wildman–Crippen LogP) is 2.35. The number of nitroso groups, excluding NO2 is 1. The molecule has 144 valence electrons. The molecular formula is C16H28N2O7. The van der Waals surface area contributed by atoms with E-state index in [9.17, 15) is 15.0 Å². The molecule has 0 N–H and O–H groups in total. The molecule has 0 aromatic carbocycles. The minimum absolute atomic E-state index is 0.101. The van der Waals surface area contributed by atoms with Crippen LogP contribution >= 0.6 is 0 Å². The van der Waals surface area contributed by atoms with Crippen molar-refractivity contribution >= 4 is 0 Å². The molecule has 9 nitrogen and oxygen atoms in total. The van der Waals surface area contributed by atoms with Gasteiger partial charge in [-0.15, -0.1) is 10.1 Å². The fraction of sp³-hybridized carbons (Fsp3) is 1.00. The molecular weight excluding hydrogens is 332 g/mol. The number of nitrogens with zero attached hydrogens (tertiary/aromatic N) is 2. The first-order chi connectivity index (χ1) is 11.5. The summed E-state index contributed by atoms with van der Waals surface area (Å²) >= 11 is 0. The van der Waals surface area contributed by atoms with Crippen LogP contribution in [-0.2, 0) is 19.0 Å². The van der Waals surface area contributed by atoms with E-state index in [-0.39, 0.29) is 30.1 Å². The molecule has 0 aromatic rings. The van der Waals surface area contributed by atoms with Gasteiger partial charge in [0.15, 0.2) is 6.10 Å². The SMILES string of the molecule is CC(C)(CN=O)CC(C)(C)CO[C@H]1CO[C@@]2(C)[C@@H]1OC[C@H]2O[N+](=O)[O-]. The summed E-state index contributed by atoms with van der Waals surface area (Å²) in [4.78, 5) is 25.9. The molecule has 0 bridgehead atoms. The van der Waals surface area contributed by atoms with Gasteiger partial charge in [0, 0.05) is 0 Å². The Balaban J connectivity index is 1.92. The number of rotatable bonds is 9. The highest BCUT2D eigenvalue weighted by molar-refractivity contribution is 5.05. The molecule has 2 saturated heterocycles. The van der Waals surface area contributed by atoms with Crippen molar-refractivity contribution in [1.29, 1.82) is 0 Å². The molecule has 0 radical (unpaired) electrons. The summed E-state index contributed by atoms with van der Waals surface area (Å²) in [6, 6.07) is 0. The molecule has 9 heteroatoms. The summed E-state index contributed by atoms with van der Waals surface area (Å²) in [6.45, 7) is 11.0. The van der Waals surface area contributed by atoms with Crippen LogP contribution in [0.3, 0.4) is 0 Å². The van der Waals surface area contributed by atoms with Crippen LogP contribution in [0.4, 0.5) is 0 Å². The van der Waals surface area contributed by atoms with E-state index in [1.54, 1.807) is 6.92 Å². The molecule has 0 saturated carbocycles. The Hall–Kier alpha value is -1.32. The van der Waals surface area contributed by atoms with Crippen molar-refractivity contribution in [3.63, 3.8) is 0 Å². The molecule has 0 spiro atoms. The lowest BCUT2D eigenvalue weighted by Crippen LogP contribution is -2.46. The molecule has 4 atom stereocenters. The van der Waals surface area contributed by atoms with Gasteiger partial charge in [-0.2, -0.15) is 4.91 Å². The Bertz CT molecular complexity index is 511. The third-order valence-electron chi connectivity index (χ3n) is 4.88. The van der Waals surface area contributed by atoms with Crippen molar-refractivity contribution in [2.45, 2.75) is 65.0 Å². The minimum atomic E-state index is -0.886. The maximum atomic E-state index is 10.6. The number of fused-ring (bicyclic) bond motifs is 1. The topological polar surface area (TPSA) is 109 Å². The molecule has 0 aromatic heterocycles. The van der Waals surface area contributed by atoms with Gasteiger partial charge in [0.1, 0.15) is 17.8 Å². The Kier molecular flexibility index (Phi) is 5.70. The van der Waals surface area contributed by atoms with Crippen LogP contribution in [0.25, 0.3) is 0 Å². The molecule has 2 heterocycles. The van der Waals surface area contributed by atoms with Crippen LogP contribution in [0.2, 0.25) is 0 Å². The van der Waals surface area contributed by atoms with E-state index < -0.39 is 22.9 Å².